The molecule has 0 heterocycles. The summed E-state index contributed by atoms with van der Waals surface area (Å²) < 4.78 is 0. The molecule has 1 aliphatic carbocycles. The van der Waals surface area contributed by atoms with Crippen LogP contribution in [0.5, 0.6) is 0 Å². The van der Waals surface area contributed by atoms with E-state index < -0.39 is 0 Å². The summed E-state index contributed by atoms with van der Waals surface area (Å²) in [7, 11) is 0. The van der Waals surface area contributed by atoms with Crippen molar-refractivity contribution >= 4 is 16.7 Å². The summed E-state index contributed by atoms with van der Waals surface area (Å²) in [5.74, 6) is 1.09. The topological polar surface area (TPSA) is 61.4 Å². The molecule has 3 aromatic carbocycles. The molecule has 1 aliphatic rings. The lowest BCUT2D eigenvalue weighted by Crippen LogP contribution is -2.29. The van der Waals surface area contributed by atoms with Gasteiger partial charge in [-0.3, -0.25) is 4.79 Å². The molecule has 0 bridgehead atoms. The molecule has 3 N–H and O–H groups in total. The minimum atomic E-state index is -0.126. The van der Waals surface area contributed by atoms with Gasteiger partial charge in [-0.05, 0) is 78.6 Å². The van der Waals surface area contributed by atoms with Gasteiger partial charge in [0.05, 0.1) is 6.61 Å². The minimum absolute atomic E-state index is 0.0412. The van der Waals surface area contributed by atoms with E-state index in [-0.39, 0.29) is 19.1 Å². The number of nitrogens with one attached hydrogen (secondary N) is 2. The van der Waals surface area contributed by atoms with Gasteiger partial charge in [0.15, 0.2) is 0 Å². The fourth-order valence-corrected chi connectivity index (χ4v) is 5.04. The Bertz CT molecular complexity index is 1030. The Morgan fingerprint density at radius 1 is 1.03 bits per heavy atom. The quantitative estimate of drug-likeness (QED) is 0.461. The van der Waals surface area contributed by atoms with Gasteiger partial charge in [0, 0.05) is 18.2 Å². The second-order valence-corrected chi connectivity index (χ2v) is 9.03. The smallest absolute Gasteiger partial charge is 0.251 e. The van der Waals surface area contributed by atoms with Crippen molar-refractivity contribution in [1.29, 1.82) is 0 Å². The molecule has 0 aromatic heterocycles. The Kier molecular flexibility index (Phi) is 7.56. The van der Waals surface area contributed by atoms with E-state index in [9.17, 15) is 4.79 Å². The van der Waals surface area contributed by atoms with E-state index in [2.05, 4.69) is 72.2 Å². The van der Waals surface area contributed by atoms with E-state index in [1.54, 1.807) is 0 Å². The summed E-state index contributed by atoms with van der Waals surface area (Å²) in [5, 5.41) is 18.0. The molecule has 4 rings (SSSR count). The molecule has 1 fully saturated rings. The van der Waals surface area contributed by atoms with Gasteiger partial charge in [-0.25, -0.2) is 0 Å². The summed E-state index contributed by atoms with van der Waals surface area (Å²) in [4.78, 5) is 12.1. The second-order valence-electron chi connectivity index (χ2n) is 9.03. The van der Waals surface area contributed by atoms with Crippen LogP contribution in [0.25, 0.3) is 10.8 Å². The summed E-state index contributed by atoms with van der Waals surface area (Å²) in [6.07, 6.45) is 4.92. The SMILES string of the molecule is CC(NCC1CCCC(c2ccc(C(=O)NCCO)cc2)C1)c1cccc2ccccc12. The van der Waals surface area contributed by atoms with Gasteiger partial charge in [-0.15, -0.1) is 0 Å². The zero-order chi connectivity index (χ0) is 22.3. The zero-order valence-corrected chi connectivity index (χ0v) is 18.9. The molecule has 3 atom stereocenters. The summed E-state index contributed by atoms with van der Waals surface area (Å²) in [6, 6.07) is 23.5. The van der Waals surface area contributed by atoms with Gasteiger partial charge in [-0.2, -0.15) is 0 Å². The maximum absolute atomic E-state index is 12.1. The van der Waals surface area contributed by atoms with E-state index in [1.807, 2.05) is 12.1 Å². The molecule has 3 unspecified atom stereocenters. The number of aliphatic hydroxyl groups excluding tert-OH is 1. The maximum Gasteiger partial charge on any atom is 0.251 e. The summed E-state index contributed by atoms with van der Waals surface area (Å²) in [5.41, 5.74) is 3.35. The van der Waals surface area contributed by atoms with Gasteiger partial charge >= 0.3 is 0 Å². The first kappa shape index (κ1) is 22.5. The second kappa shape index (κ2) is 10.8. The van der Waals surface area contributed by atoms with Gasteiger partial charge in [0.2, 0.25) is 0 Å². The Labute approximate surface area is 191 Å². The molecule has 0 spiro atoms. The van der Waals surface area contributed by atoms with Crippen molar-refractivity contribution < 1.29 is 9.90 Å². The molecule has 32 heavy (non-hydrogen) atoms. The van der Waals surface area contributed by atoms with Crippen molar-refractivity contribution in [1.82, 2.24) is 10.6 Å². The highest BCUT2D eigenvalue weighted by Gasteiger charge is 2.24. The van der Waals surface area contributed by atoms with Crippen LogP contribution >= 0.6 is 0 Å². The molecule has 4 heteroatoms. The van der Waals surface area contributed by atoms with E-state index in [0.29, 0.717) is 23.4 Å². The molecule has 1 amide bonds. The largest absolute Gasteiger partial charge is 0.395 e. The van der Waals surface area contributed by atoms with E-state index >= 15 is 0 Å². The van der Waals surface area contributed by atoms with Crippen LogP contribution < -0.4 is 10.6 Å². The molecule has 0 aliphatic heterocycles. The van der Waals surface area contributed by atoms with Crippen LogP contribution in [0.3, 0.4) is 0 Å². The van der Waals surface area contributed by atoms with Gasteiger partial charge < -0.3 is 15.7 Å². The van der Waals surface area contributed by atoms with Crippen LogP contribution in [0.15, 0.2) is 66.7 Å². The summed E-state index contributed by atoms with van der Waals surface area (Å²) >= 11 is 0. The lowest BCUT2D eigenvalue weighted by Gasteiger charge is -2.31. The Hall–Kier alpha value is -2.69. The average molecular weight is 431 g/mol. The predicted molar refractivity (Wildman–Crippen MR) is 131 cm³/mol. The number of aliphatic hydroxyl groups is 1. The molecule has 4 nitrogen and oxygen atoms in total. The molecule has 1 saturated carbocycles. The van der Waals surface area contributed by atoms with Crippen LogP contribution in [0.1, 0.15) is 66.1 Å². The first-order valence-corrected chi connectivity index (χ1v) is 11.9. The molecule has 0 radical (unpaired) electrons. The maximum atomic E-state index is 12.1. The highest BCUT2D eigenvalue weighted by atomic mass is 16.3. The van der Waals surface area contributed by atoms with E-state index in [1.165, 1.54) is 47.6 Å². The molecule has 3 aromatic rings. The van der Waals surface area contributed by atoms with Crippen molar-refractivity contribution in [2.75, 3.05) is 19.7 Å². The number of hydrogen-bond acceptors (Lipinski definition) is 3. The van der Waals surface area contributed by atoms with Crippen LogP contribution in [-0.2, 0) is 0 Å². The Morgan fingerprint density at radius 2 is 1.81 bits per heavy atom. The third-order valence-corrected chi connectivity index (χ3v) is 6.83. The van der Waals surface area contributed by atoms with Crippen molar-refractivity contribution in [3.8, 4) is 0 Å². The molecular formula is C28H34N2O2. The average Bonchev–Trinajstić information content (AvgIpc) is 2.85. The van der Waals surface area contributed by atoms with Crippen molar-refractivity contribution in [2.45, 2.75) is 44.6 Å². The van der Waals surface area contributed by atoms with Gasteiger partial charge in [0.25, 0.3) is 5.91 Å². The van der Waals surface area contributed by atoms with Crippen molar-refractivity contribution in [3.05, 3.63) is 83.4 Å². The number of carbonyl (C=O) groups is 1. The lowest BCUT2D eigenvalue weighted by molar-refractivity contribution is 0.0944. The fourth-order valence-electron chi connectivity index (χ4n) is 5.04. The number of fused-ring (bicyclic) bond motifs is 1. The number of benzene rings is 3. The van der Waals surface area contributed by atoms with E-state index in [4.69, 9.17) is 5.11 Å². The Balaban J connectivity index is 1.34. The van der Waals surface area contributed by atoms with E-state index in [0.717, 1.165) is 6.54 Å². The van der Waals surface area contributed by atoms with Gasteiger partial charge in [-0.1, -0.05) is 61.0 Å². The summed E-state index contributed by atoms with van der Waals surface area (Å²) in [6.45, 7) is 3.54. The molecular weight excluding hydrogens is 396 g/mol. The minimum Gasteiger partial charge on any atom is -0.395 e. The highest BCUT2D eigenvalue weighted by Crippen LogP contribution is 2.36. The number of rotatable bonds is 8. The third-order valence-electron chi connectivity index (χ3n) is 6.83. The van der Waals surface area contributed by atoms with Crippen LogP contribution in [0.2, 0.25) is 0 Å². The zero-order valence-electron chi connectivity index (χ0n) is 18.9. The molecule has 0 saturated heterocycles. The molecule has 168 valence electrons. The van der Waals surface area contributed by atoms with Crippen LogP contribution in [-0.4, -0.2) is 30.7 Å². The standard InChI is InChI=1S/C28H34N2O2/c1-20(26-11-5-8-23-7-2-3-10-27(23)26)30-19-21-6-4-9-25(18-21)22-12-14-24(15-13-22)28(32)29-16-17-31/h2-3,5,7-8,10-15,20-21,25,30-31H,4,6,9,16-19H2,1H3,(H,29,32). The lowest BCUT2D eigenvalue weighted by atomic mass is 9.77. The first-order valence-electron chi connectivity index (χ1n) is 11.9. The third kappa shape index (κ3) is 5.37. The monoisotopic (exact) mass is 430 g/mol. The van der Waals surface area contributed by atoms with Crippen LogP contribution in [0, 0.1) is 5.92 Å². The van der Waals surface area contributed by atoms with Gasteiger partial charge in [0.1, 0.15) is 0 Å². The normalized spacial score (nSPS) is 19.6. The predicted octanol–water partition coefficient (Wildman–Crippen LogP) is 5.19. The number of carbonyl (C=O) groups excluding carboxylic acids is 1. The van der Waals surface area contributed by atoms with Crippen molar-refractivity contribution in [2.24, 2.45) is 5.92 Å². The van der Waals surface area contributed by atoms with Crippen molar-refractivity contribution in [3.63, 3.8) is 0 Å². The number of hydrogen-bond donors (Lipinski definition) is 3. The Morgan fingerprint density at radius 3 is 2.62 bits per heavy atom. The fraction of sp³-hybridized carbons (Fsp3) is 0.393. The highest BCUT2D eigenvalue weighted by molar-refractivity contribution is 5.94. The van der Waals surface area contributed by atoms with Crippen LogP contribution in [0.4, 0.5) is 0 Å². The first-order chi connectivity index (χ1) is 15.7. The number of amides is 1.